The van der Waals surface area contributed by atoms with Crippen molar-refractivity contribution >= 4 is 5.91 Å². The first kappa shape index (κ1) is 11.9. The highest BCUT2D eigenvalue weighted by molar-refractivity contribution is 5.82. The van der Waals surface area contributed by atoms with Crippen molar-refractivity contribution in [1.29, 1.82) is 0 Å². The molecule has 2 aliphatic rings. The number of carbonyl (C=O) groups is 1. The number of amides is 1. The van der Waals surface area contributed by atoms with Gasteiger partial charge in [0.25, 0.3) is 0 Å². The van der Waals surface area contributed by atoms with Gasteiger partial charge in [0, 0.05) is 19.1 Å². The Hall–Kier alpha value is -0.610. The van der Waals surface area contributed by atoms with Crippen LogP contribution in [0.2, 0.25) is 0 Å². The molecule has 4 unspecified atom stereocenters. The van der Waals surface area contributed by atoms with E-state index >= 15 is 0 Å². The quantitative estimate of drug-likeness (QED) is 0.738. The molecule has 0 radical (unpaired) electrons. The lowest BCUT2D eigenvalue weighted by molar-refractivity contribution is -0.123. The zero-order valence-corrected chi connectivity index (χ0v) is 10.2. The number of hydrogen-bond acceptors (Lipinski definition) is 3. The Kier molecular flexibility index (Phi) is 3.82. The van der Waals surface area contributed by atoms with E-state index in [4.69, 9.17) is 4.74 Å². The summed E-state index contributed by atoms with van der Waals surface area (Å²) in [6, 6.07) is 0.0117. The Morgan fingerprint density at radius 1 is 1.44 bits per heavy atom. The summed E-state index contributed by atoms with van der Waals surface area (Å²) in [5.41, 5.74) is 0. The van der Waals surface area contributed by atoms with E-state index in [1.54, 1.807) is 0 Å². The second-order valence-corrected chi connectivity index (χ2v) is 5.07. The van der Waals surface area contributed by atoms with Gasteiger partial charge in [0.15, 0.2) is 0 Å². The van der Waals surface area contributed by atoms with Gasteiger partial charge in [0.1, 0.15) is 0 Å². The third-order valence-electron chi connectivity index (χ3n) is 3.89. The van der Waals surface area contributed by atoms with Gasteiger partial charge in [-0.25, -0.2) is 0 Å². The van der Waals surface area contributed by atoms with Crippen LogP contribution < -0.4 is 10.6 Å². The van der Waals surface area contributed by atoms with E-state index < -0.39 is 0 Å². The molecule has 0 aromatic carbocycles. The smallest absolute Gasteiger partial charge is 0.237 e. The minimum Gasteiger partial charge on any atom is -0.378 e. The summed E-state index contributed by atoms with van der Waals surface area (Å²) in [7, 11) is 0. The van der Waals surface area contributed by atoms with Crippen LogP contribution in [0.5, 0.6) is 0 Å². The van der Waals surface area contributed by atoms with Crippen molar-refractivity contribution < 1.29 is 9.53 Å². The molecule has 2 aliphatic heterocycles. The second kappa shape index (κ2) is 5.15. The van der Waals surface area contributed by atoms with Crippen LogP contribution in [0.3, 0.4) is 0 Å². The van der Waals surface area contributed by atoms with Crippen molar-refractivity contribution in [3.8, 4) is 0 Å². The normalized spacial score (nSPS) is 38.9. The molecule has 0 aliphatic carbocycles. The van der Waals surface area contributed by atoms with Crippen molar-refractivity contribution in [2.24, 2.45) is 11.8 Å². The van der Waals surface area contributed by atoms with E-state index in [-0.39, 0.29) is 18.1 Å². The van der Waals surface area contributed by atoms with E-state index in [0.29, 0.717) is 11.8 Å². The van der Waals surface area contributed by atoms with E-state index in [2.05, 4.69) is 24.5 Å². The molecule has 2 N–H and O–H groups in total. The predicted octanol–water partition coefficient (Wildman–Crippen LogP) is 0.526. The molecule has 4 heteroatoms. The molecule has 0 aromatic heterocycles. The molecule has 0 aromatic rings. The first-order chi connectivity index (χ1) is 7.68. The number of carbonyl (C=O) groups excluding carboxylic acids is 1. The predicted molar refractivity (Wildman–Crippen MR) is 62.1 cm³/mol. The van der Waals surface area contributed by atoms with Gasteiger partial charge in [0.2, 0.25) is 5.91 Å². The summed E-state index contributed by atoms with van der Waals surface area (Å²) in [5.74, 6) is 1.10. The first-order valence-corrected chi connectivity index (χ1v) is 6.31. The molecular weight excluding hydrogens is 204 g/mol. The Bertz CT molecular complexity index is 257. The molecule has 2 heterocycles. The summed E-state index contributed by atoms with van der Waals surface area (Å²) in [5, 5.41) is 6.30. The van der Waals surface area contributed by atoms with Crippen LogP contribution in [0.4, 0.5) is 0 Å². The van der Waals surface area contributed by atoms with Crippen LogP contribution in [0.15, 0.2) is 0 Å². The average Bonchev–Trinajstić information content (AvgIpc) is 2.84. The first-order valence-electron chi connectivity index (χ1n) is 6.31. The molecule has 4 atom stereocenters. The third-order valence-corrected chi connectivity index (χ3v) is 3.89. The summed E-state index contributed by atoms with van der Waals surface area (Å²) >= 11 is 0. The minimum absolute atomic E-state index is 0.0117. The maximum absolute atomic E-state index is 11.9. The monoisotopic (exact) mass is 226 g/mol. The highest BCUT2D eigenvalue weighted by Gasteiger charge is 2.30. The molecule has 1 amide bonds. The highest BCUT2D eigenvalue weighted by Crippen LogP contribution is 2.20. The van der Waals surface area contributed by atoms with Crippen LogP contribution in [0, 0.1) is 11.8 Å². The molecule has 0 spiro atoms. The molecule has 2 saturated heterocycles. The molecule has 92 valence electrons. The lowest BCUT2D eigenvalue weighted by atomic mass is 10.0. The number of rotatable bonds is 3. The highest BCUT2D eigenvalue weighted by atomic mass is 16.5. The Labute approximate surface area is 97.1 Å². The molecule has 4 nitrogen and oxygen atoms in total. The van der Waals surface area contributed by atoms with Crippen LogP contribution in [-0.2, 0) is 9.53 Å². The van der Waals surface area contributed by atoms with Crippen molar-refractivity contribution in [3.05, 3.63) is 0 Å². The van der Waals surface area contributed by atoms with Gasteiger partial charge in [-0.1, -0.05) is 6.92 Å². The van der Waals surface area contributed by atoms with Crippen LogP contribution >= 0.6 is 0 Å². The van der Waals surface area contributed by atoms with Gasteiger partial charge in [-0.05, 0) is 32.2 Å². The van der Waals surface area contributed by atoms with Crippen molar-refractivity contribution in [1.82, 2.24) is 10.6 Å². The Balaban J connectivity index is 1.75. The van der Waals surface area contributed by atoms with Crippen LogP contribution in [-0.4, -0.2) is 37.7 Å². The van der Waals surface area contributed by atoms with Crippen LogP contribution in [0.1, 0.15) is 26.7 Å². The van der Waals surface area contributed by atoms with Crippen molar-refractivity contribution in [2.45, 2.75) is 38.8 Å². The third kappa shape index (κ3) is 2.55. The zero-order chi connectivity index (χ0) is 11.5. The minimum atomic E-state index is 0.0117. The number of nitrogens with one attached hydrogen (secondary N) is 2. The van der Waals surface area contributed by atoms with Gasteiger partial charge in [-0.3, -0.25) is 4.79 Å². The SMILES string of the molecule is CC1CCNC1C(=O)NCC1CCOC1C. The second-order valence-electron chi connectivity index (χ2n) is 5.07. The molecule has 0 bridgehead atoms. The number of ether oxygens (including phenoxy) is 1. The summed E-state index contributed by atoms with van der Waals surface area (Å²) in [6.07, 6.45) is 2.45. The largest absolute Gasteiger partial charge is 0.378 e. The summed E-state index contributed by atoms with van der Waals surface area (Å²) in [6.45, 7) is 6.76. The van der Waals surface area contributed by atoms with Gasteiger partial charge in [0.05, 0.1) is 12.1 Å². The maximum atomic E-state index is 11.9. The van der Waals surface area contributed by atoms with E-state index in [0.717, 1.165) is 32.5 Å². The van der Waals surface area contributed by atoms with E-state index in [1.807, 2.05) is 0 Å². The molecule has 2 rings (SSSR count). The van der Waals surface area contributed by atoms with Crippen molar-refractivity contribution in [2.75, 3.05) is 19.7 Å². The summed E-state index contributed by atoms with van der Waals surface area (Å²) in [4.78, 5) is 11.9. The zero-order valence-electron chi connectivity index (χ0n) is 10.2. The molecular formula is C12H22N2O2. The van der Waals surface area contributed by atoms with Gasteiger partial charge >= 0.3 is 0 Å². The standard InChI is InChI=1S/C12H22N2O2/c1-8-3-5-13-11(8)12(15)14-7-10-4-6-16-9(10)2/h8-11,13H,3-7H2,1-2H3,(H,14,15). The molecule has 16 heavy (non-hydrogen) atoms. The van der Waals surface area contributed by atoms with E-state index in [9.17, 15) is 4.79 Å². The van der Waals surface area contributed by atoms with Gasteiger partial charge in [-0.15, -0.1) is 0 Å². The fraction of sp³-hybridized carbons (Fsp3) is 0.917. The van der Waals surface area contributed by atoms with Gasteiger partial charge < -0.3 is 15.4 Å². The topological polar surface area (TPSA) is 50.4 Å². The van der Waals surface area contributed by atoms with Crippen LogP contribution in [0.25, 0.3) is 0 Å². The summed E-state index contributed by atoms with van der Waals surface area (Å²) < 4.78 is 5.48. The average molecular weight is 226 g/mol. The van der Waals surface area contributed by atoms with Gasteiger partial charge in [-0.2, -0.15) is 0 Å². The Morgan fingerprint density at radius 2 is 2.25 bits per heavy atom. The molecule has 2 fully saturated rings. The lowest BCUT2D eigenvalue weighted by Gasteiger charge is -2.19. The molecule has 0 saturated carbocycles. The number of hydrogen-bond donors (Lipinski definition) is 2. The Morgan fingerprint density at radius 3 is 2.81 bits per heavy atom. The lowest BCUT2D eigenvalue weighted by Crippen LogP contribution is -2.45. The maximum Gasteiger partial charge on any atom is 0.237 e. The van der Waals surface area contributed by atoms with E-state index in [1.165, 1.54) is 0 Å². The fourth-order valence-electron chi connectivity index (χ4n) is 2.57. The fourth-order valence-corrected chi connectivity index (χ4v) is 2.57. The van der Waals surface area contributed by atoms with Crippen molar-refractivity contribution in [3.63, 3.8) is 0 Å².